The lowest BCUT2D eigenvalue weighted by Crippen LogP contribution is -2.11. The molecule has 0 aliphatic carbocycles. The third-order valence-electron chi connectivity index (χ3n) is 3.93. The van der Waals surface area contributed by atoms with E-state index in [1.807, 2.05) is 49.0 Å². The molecular weight excluding hydrogens is 320 g/mol. The summed E-state index contributed by atoms with van der Waals surface area (Å²) in [5, 5.41) is 24.0. The van der Waals surface area contributed by atoms with Crippen LogP contribution in [0, 0.1) is 0 Å². The number of benzene rings is 1. The Hall–Kier alpha value is -3.49. The molecule has 25 heavy (non-hydrogen) atoms. The number of H-pyrrole nitrogens is 1. The van der Waals surface area contributed by atoms with E-state index in [9.17, 15) is 4.79 Å². The molecule has 0 atom stereocenters. The average molecular weight is 336 g/mol. The van der Waals surface area contributed by atoms with E-state index in [2.05, 4.69) is 30.8 Å². The van der Waals surface area contributed by atoms with Crippen LogP contribution in [-0.2, 0) is 13.6 Å². The molecule has 3 aromatic heterocycles. The first kappa shape index (κ1) is 15.1. The van der Waals surface area contributed by atoms with Gasteiger partial charge in [-0.3, -0.25) is 14.0 Å². The van der Waals surface area contributed by atoms with E-state index in [0.717, 1.165) is 5.39 Å². The Morgan fingerprint density at radius 2 is 1.96 bits per heavy atom. The minimum atomic E-state index is -0.228. The maximum absolute atomic E-state index is 12.0. The summed E-state index contributed by atoms with van der Waals surface area (Å²) in [4.78, 5) is 12.0. The summed E-state index contributed by atoms with van der Waals surface area (Å²) in [5.74, 6) is 1.82. The summed E-state index contributed by atoms with van der Waals surface area (Å²) in [6.45, 7) is 2.62. The molecule has 0 aliphatic rings. The second-order valence-corrected chi connectivity index (χ2v) is 5.54. The summed E-state index contributed by atoms with van der Waals surface area (Å²) in [5.41, 5.74) is 0.354. The Labute approximate surface area is 142 Å². The van der Waals surface area contributed by atoms with Crippen molar-refractivity contribution < 1.29 is 0 Å². The summed E-state index contributed by atoms with van der Waals surface area (Å²) < 4.78 is 3.59. The van der Waals surface area contributed by atoms with Gasteiger partial charge in [0.05, 0.1) is 5.39 Å². The fourth-order valence-electron chi connectivity index (χ4n) is 2.75. The van der Waals surface area contributed by atoms with Crippen molar-refractivity contribution in [1.29, 1.82) is 0 Å². The molecule has 0 radical (unpaired) electrons. The fourth-order valence-corrected chi connectivity index (χ4v) is 2.75. The van der Waals surface area contributed by atoms with Gasteiger partial charge in [-0.2, -0.15) is 10.2 Å². The van der Waals surface area contributed by atoms with Gasteiger partial charge in [0.1, 0.15) is 5.69 Å². The molecule has 9 heteroatoms. The smallest absolute Gasteiger partial charge is 0.272 e. The number of anilines is 2. The number of aryl methyl sites for hydroxylation is 1. The van der Waals surface area contributed by atoms with Crippen molar-refractivity contribution in [3.63, 3.8) is 0 Å². The van der Waals surface area contributed by atoms with E-state index >= 15 is 0 Å². The molecule has 0 unspecified atom stereocenters. The highest BCUT2D eigenvalue weighted by Crippen LogP contribution is 2.25. The Kier molecular flexibility index (Phi) is 3.53. The van der Waals surface area contributed by atoms with E-state index in [1.165, 1.54) is 0 Å². The van der Waals surface area contributed by atoms with Crippen LogP contribution < -0.4 is 10.9 Å². The van der Waals surface area contributed by atoms with Crippen molar-refractivity contribution in [2.75, 3.05) is 5.32 Å². The molecule has 0 bridgehead atoms. The first-order chi connectivity index (χ1) is 12.2. The molecule has 3 heterocycles. The van der Waals surface area contributed by atoms with E-state index < -0.39 is 0 Å². The van der Waals surface area contributed by atoms with Gasteiger partial charge in [0, 0.05) is 31.2 Å². The normalized spacial score (nSPS) is 11.1. The largest absolute Gasteiger partial charge is 0.307 e. The van der Waals surface area contributed by atoms with Crippen molar-refractivity contribution in [2.45, 2.75) is 13.5 Å². The molecular formula is C16H16N8O. The molecule has 0 aliphatic heterocycles. The molecule has 4 rings (SSSR count). The third kappa shape index (κ3) is 2.55. The molecule has 9 nitrogen and oxygen atoms in total. The van der Waals surface area contributed by atoms with Crippen molar-refractivity contribution in [1.82, 2.24) is 34.7 Å². The second kappa shape index (κ2) is 5.86. The maximum atomic E-state index is 12.0. The van der Waals surface area contributed by atoms with Gasteiger partial charge < -0.3 is 5.32 Å². The highest BCUT2D eigenvalue weighted by atomic mass is 16.1. The number of aromatic nitrogens is 7. The summed E-state index contributed by atoms with van der Waals surface area (Å²) in [6.07, 6.45) is 1.84. The molecule has 0 saturated carbocycles. The van der Waals surface area contributed by atoms with Crippen LogP contribution >= 0.6 is 0 Å². The number of aromatic amines is 1. The van der Waals surface area contributed by atoms with Crippen LogP contribution in [0.2, 0.25) is 0 Å². The van der Waals surface area contributed by atoms with Gasteiger partial charge in [0.2, 0.25) is 5.95 Å². The molecule has 0 saturated heterocycles. The van der Waals surface area contributed by atoms with E-state index in [1.54, 1.807) is 10.7 Å². The van der Waals surface area contributed by atoms with Crippen LogP contribution in [-0.4, -0.2) is 34.7 Å². The van der Waals surface area contributed by atoms with Crippen LogP contribution in [0.1, 0.15) is 6.92 Å². The van der Waals surface area contributed by atoms with Crippen molar-refractivity contribution in [2.24, 2.45) is 7.05 Å². The van der Waals surface area contributed by atoms with Crippen LogP contribution in [0.15, 0.2) is 41.3 Å². The highest BCUT2D eigenvalue weighted by Gasteiger charge is 2.18. The zero-order chi connectivity index (χ0) is 17.4. The zero-order valence-corrected chi connectivity index (χ0v) is 13.8. The van der Waals surface area contributed by atoms with Crippen molar-refractivity contribution >= 4 is 22.5 Å². The maximum Gasteiger partial charge on any atom is 0.272 e. The number of fused-ring (bicyclic) bond motifs is 1. The van der Waals surface area contributed by atoms with Gasteiger partial charge in [-0.05, 0) is 13.0 Å². The van der Waals surface area contributed by atoms with Crippen LogP contribution in [0.3, 0.4) is 0 Å². The van der Waals surface area contributed by atoms with Gasteiger partial charge >= 0.3 is 0 Å². The lowest BCUT2D eigenvalue weighted by molar-refractivity contribution is 0.759. The molecule has 0 amide bonds. The SMILES string of the molecule is CCn1c(Nc2ccn(C)n2)nnc1-c1n[nH]c(=O)c2ccccc12. The van der Waals surface area contributed by atoms with Crippen LogP contribution in [0.25, 0.3) is 22.3 Å². The van der Waals surface area contributed by atoms with Crippen molar-refractivity contribution in [3.05, 3.63) is 46.9 Å². The van der Waals surface area contributed by atoms with E-state index in [-0.39, 0.29) is 5.56 Å². The van der Waals surface area contributed by atoms with Crippen LogP contribution in [0.5, 0.6) is 0 Å². The lowest BCUT2D eigenvalue weighted by atomic mass is 10.1. The fraction of sp³-hybridized carbons (Fsp3) is 0.188. The topological polar surface area (TPSA) is 106 Å². The summed E-state index contributed by atoms with van der Waals surface area (Å²) in [6, 6.07) is 9.15. The Morgan fingerprint density at radius 3 is 2.68 bits per heavy atom. The van der Waals surface area contributed by atoms with Gasteiger partial charge in [-0.15, -0.1) is 10.2 Å². The second-order valence-electron chi connectivity index (χ2n) is 5.54. The highest BCUT2D eigenvalue weighted by molar-refractivity contribution is 5.92. The summed E-state index contributed by atoms with van der Waals surface area (Å²) in [7, 11) is 1.84. The number of nitrogens with one attached hydrogen (secondary N) is 2. The number of nitrogens with zero attached hydrogens (tertiary/aromatic N) is 6. The molecule has 4 aromatic rings. The molecule has 2 N–H and O–H groups in total. The quantitative estimate of drug-likeness (QED) is 0.587. The Morgan fingerprint density at radius 1 is 1.16 bits per heavy atom. The monoisotopic (exact) mass is 336 g/mol. The Bertz CT molecular complexity index is 1110. The zero-order valence-electron chi connectivity index (χ0n) is 13.8. The number of hydrogen-bond donors (Lipinski definition) is 2. The number of rotatable bonds is 4. The number of hydrogen-bond acceptors (Lipinski definition) is 6. The standard InChI is InChI=1S/C16H16N8O/c1-3-24-14(19-21-16(24)17-12-8-9-23(2)22-12)13-10-6-4-5-7-11(10)15(25)20-18-13/h4-9H,3H2,1-2H3,(H,20,25)(H,17,21,22). The van der Waals surface area contributed by atoms with Crippen LogP contribution in [0.4, 0.5) is 11.8 Å². The molecule has 1 aromatic carbocycles. The Balaban J connectivity index is 1.84. The predicted octanol–water partition coefficient (Wildman–Crippen LogP) is 1.68. The first-order valence-electron chi connectivity index (χ1n) is 7.85. The minimum Gasteiger partial charge on any atom is -0.307 e. The van der Waals surface area contributed by atoms with Gasteiger partial charge in [-0.1, -0.05) is 18.2 Å². The molecule has 0 spiro atoms. The first-order valence-corrected chi connectivity index (χ1v) is 7.85. The van der Waals surface area contributed by atoms with Crippen molar-refractivity contribution in [3.8, 4) is 11.5 Å². The molecule has 126 valence electrons. The predicted molar refractivity (Wildman–Crippen MR) is 93.5 cm³/mol. The third-order valence-corrected chi connectivity index (χ3v) is 3.93. The molecule has 0 fully saturated rings. The van der Waals surface area contributed by atoms with Gasteiger partial charge in [0.15, 0.2) is 11.6 Å². The minimum absolute atomic E-state index is 0.228. The average Bonchev–Trinajstić information content (AvgIpc) is 3.22. The lowest BCUT2D eigenvalue weighted by Gasteiger charge is -2.08. The van der Waals surface area contributed by atoms with Gasteiger partial charge in [-0.25, -0.2) is 5.10 Å². The summed E-state index contributed by atoms with van der Waals surface area (Å²) >= 11 is 0. The van der Waals surface area contributed by atoms with E-state index in [4.69, 9.17) is 0 Å². The van der Waals surface area contributed by atoms with E-state index in [0.29, 0.717) is 35.2 Å². The van der Waals surface area contributed by atoms with Gasteiger partial charge in [0.25, 0.3) is 5.56 Å².